The number of aromatic hydroxyl groups is 1. The standard InChI is InChI=1S/C36H45ClN4O4/c1-8-11-12-32(45-31-18-13-24(35(4,5)9-2)20-27(31)36(6,7)10-3)33(43)39-26-15-17-29(30(42)21-26)41-34(44)40-25-14-16-28(37)23(19-25)22-38/h13-21,32,42H,8-12H2,1-7H3,(H,39,43)(H2,40,41,44). The predicted molar refractivity (Wildman–Crippen MR) is 183 cm³/mol. The molecule has 0 radical (unpaired) electrons. The number of nitrogens with zero attached hydrogens (tertiary/aromatic N) is 1. The zero-order chi connectivity index (χ0) is 33.4. The van der Waals surface area contributed by atoms with Crippen molar-refractivity contribution in [2.45, 2.75) is 97.5 Å². The first-order valence-corrected chi connectivity index (χ1v) is 15.9. The molecule has 3 amide bonds. The van der Waals surface area contributed by atoms with Gasteiger partial charge in [-0.3, -0.25) is 4.79 Å². The number of nitrogens with one attached hydrogen (secondary N) is 3. The van der Waals surface area contributed by atoms with Gasteiger partial charge in [-0.1, -0.05) is 78.6 Å². The number of halogens is 1. The molecular formula is C36H45ClN4O4. The highest BCUT2D eigenvalue weighted by molar-refractivity contribution is 6.31. The highest BCUT2D eigenvalue weighted by atomic mass is 35.5. The van der Waals surface area contributed by atoms with Gasteiger partial charge in [0, 0.05) is 23.0 Å². The van der Waals surface area contributed by atoms with Crippen LogP contribution in [0.2, 0.25) is 5.02 Å². The molecule has 9 heteroatoms. The predicted octanol–water partition coefficient (Wildman–Crippen LogP) is 9.51. The largest absolute Gasteiger partial charge is 0.506 e. The van der Waals surface area contributed by atoms with E-state index in [9.17, 15) is 14.7 Å². The summed E-state index contributed by atoms with van der Waals surface area (Å²) in [6, 6.07) is 16.6. The van der Waals surface area contributed by atoms with Crippen LogP contribution in [-0.2, 0) is 15.6 Å². The van der Waals surface area contributed by atoms with E-state index in [0.29, 0.717) is 23.5 Å². The van der Waals surface area contributed by atoms with Gasteiger partial charge in [-0.15, -0.1) is 0 Å². The molecular weight excluding hydrogens is 588 g/mol. The third-order valence-electron chi connectivity index (χ3n) is 8.50. The van der Waals surface area contributed by atoms with Crippen LogP contribution in [0.15, 0.2) is 54.6 Å². The molecule has 45 heavy (non-hydrogen) atoms. The van der Waals surface area contributed by atoms with Gasteiger partial charge in [-0.05, 0) is 78.5 Å². The average Bonchev–Trinajstić information content (AvgIpc) is 3.01. The average molecular weight is 633 g/mol. The second kappa shape index (κ2) is 15.2. The summed E-state index contributed by atoms with van der Waals surface area (Å²) in [5, 5.41) is 28.1. The first-order valence-electron chi connectivity index (χ1n) is 15.5. The van der Waals surface area contributed by atoms with E-state index >= 15 is 0 Å². The Balaban J connectivity index is 1.78. The van der Waals surface area contributed by atoms with Gasteiger partial charge in [0.1, 0.15) is 17.6 Å². The lowest BCUT2D eigenvalue weighted by Crippen LogP contribution is -2.34. The Morgan fingerprint density at radius 1 is 0.911 bits per heavy atom. The number of benzene rings is 3. The minimum Gasteiger partial charge on any atom is -0.506 e. The molecule has 1 unspecified atom stereocenters. The van der Waals surface area contributed by atoms with Crippen molar-refractivity contribution < 1.29 is 19.4 Å². The molecule has 0 saturated carbocycles. The van der Waals surface area contributed by atoms with Gasteiger partial charge in [0.05, 0.1) is 16.3 Å². The fraction of sp³-hybridized carbons (Fsp3) is 0.417. The lowest BCUT2D eigenvalue weighted by Gasteiger charge is -2.31. The quantitative estimate of drug-likeness (QED) is 0.140. The number of hydrogen-bond acceptors (Lipinski definition) is 5. The third-order valence-corrected chi connectivity index (χ3v) is 8.83. The van der Waals surface area contributed by atoms with E-state index < -0.39 is 12.1 Å². The van der Waals surface area contributed by atoms with E-state index in [1.54, 1.807) is 12.1 Å². The fourth-order valence-electron chi connectivity index (χ4n) is 4.67. The molecule has 4 N–H and O–H groups in total. The van der Waals surface area contributed by atoms with Crippen LogP contribution in [0.1, 0.15) is 97.3 Å². The molecule has 240 valence electrons. The van der Waals surface area contributed by atoms with Crippen molar-refractivity contribution in [1.29, 1.82) is 5.26 Å². The second-order valence-electron chi connectivity index (χ2n) is 12.5. The Kier molecular flexibility index (Phi) is 11.9. The van der Waals surface area contributed by atoms with E-state index in [-0.39, 0.29) is 38.8 Å². The summed E-state index contributed by atoms with van der Waals surface area (Å²) in [5.74, 6) is 0.143. The van der Waals surface area contributed by atoms with E-state index in [1.807, 2.05) is 12.1 Å². The number of ether oxygens (including phenoxy) is 1. The molecule has 0 aliphatic carbocycles. The zero-order valence-corrected chi connectivity index (χ0v) is 28.1. The van der Waals surface area contributed by atoms with Crippen LogP contribution in [0, 0.1) is 11.3 Å². The van der Waals surface area contributed by atoms with Gasteiger partial charge < -0.3 is 25.8 Å². The van der Waals surface area contributed by atoms with Crippen molar-refractivity contribution in [1.82, 2.24) is 0 Å². The summed E-state index contributed by atoms with van der Waals surface area (Å²) in [7, 11) is 0. The van der Waals surface area contributed by atoms with Crippen molar-refractivity contribution in [2.75, 3.05) is 16.0 Å². The number of nitriles is 1. The van der Waals surface area contributed by atoms with Crippen molar-refractivity contribution in [3.8, 4) is 17.6 Å². The van der Waals surface area contributed by atoms with Gasteiger partial charge in [0.2, 0.25) is 0 Å². The van der Waals surface area contributed by atoms with Gasteiger partial charge >= 0.3 is 6.03 Å². The molecule has 0 heterocycles. The second-order valence-corrected chi connectivity index (χ2v) is 12.9. The lowest BCUT2D eigenvalue weighted by atomic mass is 9.76. The number of hydrogen-bond donors (Lipinski definition) is 4. The van der Waals surface area contributed by atoms with Crippen LogP contribution < -0.4 is 20.7 Å². The Morgan fingerprint density at radius 2 is 1.58 bits per heavy atom. The van der Waals surface area contributed by atoms with Crippen LogP contribution >= 0.6 is 11.6 Å². The van der Waals surface area contributed by atoms with Gasteiger partial charge in [0.15, 0.2) is 6.10 Å². The first kappa shape index (κ1) is 35.3. The smallest absolute Gasteiger partial charge is 0.323 e. The molecule has 3 aromatic rings. The number of anilines is 3. The number of amides is 3. The molecule has 0 aromatic heterocycles. The Hall–Kier alpha value is -4.22. The molecule has 8 nitrogen and oxygen atoms in total. The molecule has 1 atom stereocenters. The summed E-state index contributed by atoms with van der Waals surface area (Å²) >= 11 is 5.95. The lowest BCUT2D eigenvalue weighted by molar-refractivity contribution is -0.123. The van der Waals surface area contributed by atoms with Crippen LogP contribution in [0.25, 0.3) is 0 Å². The zero-order valence-electron chi connectivity index (χ0n) is 27.3. The number of carbonyl (C=O) groups is 2. The summed E-state index contributed by atoms with van der Waals surface area (Å²) < 4.78 is 6.49. The topological polar surface area (TPSA) is 123 Å². The highest BCUT2D eigenvalue weighted by Crippen LogP contribution is 2.39. The van der Waals surface area contributed by atoms with Gasteiger partial charge in [-0.2, -0.15) is 5.26 Å². The van der Waals surface area contributed by atoms with Crippen molar-refractivity contribution in [2.24, 2.45) is 0 Å². The maximum Gasteiger partial charge on any atom is 0.323 e. The maximum absolute atomic E-state index is 13.5. The highest BCUT2D eigenvalue weighted by Gasteiger charge is 2.29. The third kappa shape index (κ3) is 9.15. The van der Waals surface area contributed by atoms with Crippen molar-refractivity contribution in [3.05, 3.63) is 76.3 Å². The van der Waals surface area contributed by atoms with Crippen LogP contribution in [0.4, 0.5) is 21.9 Å². The molecule has 0 fully saturated rings. The number of phenols is 1. The Bertz CT molecular complexity index is 1560. The monoisotopic (exact) mass is 632 g/mol. The van der Waals surface area contributed by atoms with Gasteiger partial charge in [-0.25, -0.2) is 4.79 Å². The SMILES string of the molecule is CCCCC(Oc1ccc(C(C)(C)CC)cc1C(C)(C)CC)C(=O)Nc1ccc(NC(=O)Nc2ccc(Cl)c(C#N)c2)c(O)c1. The normalized spacial score (nSPS) is 12.2. The molecule has 0 spiro atoms. The molecule has 0 saturated heterocycles. The first-order chi connectivity index (χ1) is 21.2. The van der Waals surface area contributed by atoms with Gasteiger partial charge in [0.25, 0.3) is 5.91 Å². The summed E-state index contributed by atoms with van der Waals surface area (Å²) in [6.45, 7) is 15.3. The maximum atomic E-state index is 13.5. The summed E-state index contributed by atoms with van der Waals surface area (Å²) in [5.41, 5.74) is 3.25. The van der Waals surface area contributed by atoms with Crippen molar-refractivity contribution in [3.63, 3.8) is 0 Å². The number of phenolic OH excluding ortho intramolecular Hbond substituents is 1. The molecule has 3 rings (SSSR count). The molecule has 0 aliphatic heterocycles. The van der Waals surface area contributed by atoms with E-state index in [1.165, 1.54) is 29.8 Å². The van der Waals surface area contributed by atoms with E-state index in [4.69, 9.17) is 21.6 Å². The Morgan fingerprint density at radius 3 is 2.20 bits per heavy atom. The number of unbranched alkanes of at least 4 members (excludes halogenated alkanes) is 1. The molecule has 0 bridgehead atoms. The summed E-state index contributed by atoms with van der Waals surface area (Å²) in [6.07, 6.45) is 3.39. The van der Waals surface area contributed by atoms with E-state index in [0.717, 1.165) is 31.2 Å². The molecule has 0 aliphatic rings. The van der Waals surface area contributed by atoms with Crippen LogP contribution in [0.5, 0.6) is 11.5 Å². The van der Waals surface area contributed by atoms with Crippen LogP contribution in [0.3, 0.4) is 0 Å². The minimum atomic E-state index is -0.746. The van der Waals surface area contributed by atoms with E-state index in [2.05, 4.69) is 76.5 Å². The Labute approximate surface area is 272 Å². The number of rotatable bonds is 13. The fourth-order valence-corrected chi connectivity index (χ4v) is 4.83. The van der Waals surface area contributed by atoms with Crippen LogP contribution in [-0.4, -0.2) is 23.1 Å². The number of carbonyl (C=O) groups excluding carboxylic acids is 2. The van der Waals surface area contributed by atoms with Crippen molar-refractivity contribution >= 4 is 40.6 Å². The minimum absolute atomic E-state index is 0.0105. The number of urea groups is 1. The molecule has 3 aromatic carbocycles. The summed E-state index contributed by atoms with van der Waals surface area (Å²) in [4.78, 5) is 26.1.